The van der Waals surface area contributed by atoms with Gasteiger partial charge in [0.25, 0.3) is 5.91 Å². The van der Waals surface area contributed by atoms with Crippen molar-refractivity contribution in [2.75, 3.05) is 6.54 Å². The number of imide groups is 1. The smallest absolute Gasteiger partial charge is 0.260 e. The molecule has 0 spiro atoms. The largest absolute Gasteiger partial charge is 0.278 e. The molecule has 6 heteroatoms. The van der Waals surface area contributed by atoms with Crippen LogP contribution in [0.4, 0.5) is 13.2 Å². The van der Waals surface area contributed by atoms with Gasteiger partial charge in [0.15, 0.2) is 17.5 Å². The van der Waals surface area contributed by atoms with Crippen LogP contribution in [0, 0.1) is 23.4 Å². The van der Waals surface area contributed by atoms with Crippen molar-refractivity contribution in [1.82, 2.24) is 4.90 Å². The van der Waals surface area contributed by atoms with Gasteiger partial charge in [0.1, 0.15) is 0 Å². The number of amides is 2. The van der Waals surface area contributed by atoms with Crippen LogP contribution in [0.1, 0.15) is 36.5 Å². The van der Waals surface area contributed by atoms with Crippen molar-refractivity contribution in [3.8, 4) is 0 Å². The van der Waals surface area contributed by atoms with Crippen LogP contribution in [-0.2, 0) is 4.79 Å². The number of likely N-dealkylation sites (tertiary alicyclic amines) is 1. The standard InChI is InChI=1S/C14H14F3NO2/c1-2-3-8-4-12(19)18(7-8)14(20)9-5-10(15)13(17)11(16)6-9/h5-6,8H,2-4,7H2,1H3. The first-order valence-corrected chi connectivity index (χ1v) is 6.43. The van der Waals surface area contributed by atoms with Crippen LogP contribution in [0.25, 0.3) is 0 Å². The van der Waals surface area contributed by atoms with Crippen molar-refractivity contribution in [3.05, 3.63) is 35.1 Å². The van der Waals surface area contributed by atoms with Gasteiger partial charge in [-0.15, -0.1) is 0 Å². The molecule has 0 aromatic heterocycles. The van der Waals surface area contributed by atoms with E-state index in [-0.39, 0.29) is 30.4 Å². The van der Waals surface area contributed by atoms with Gasteiger partial charge in [0.2, 0.25) is 5.91 Å². The van der Waals surface area contributed by atoms with Gasteiger partial charge >= 0.3 is 0 Å². The van der Waals surface area contributed by atoms with Crippen molar-refractivity contribution in [3.63, 3.8) is 0 Å². The van der Waals surface area contributed by atoms with Crippen LogP contribution in [-0.4, -0.2) is 23.3 Å². The van der Waals surface area contributed by atoms with Crippen LogP contribution < -0.4 is 0 Å². The summed E-state index contributed by atoms with van der Waals surface area (Å²) in [5, 5.41) is 0. The third kappa shape index (κ3) is 2.69. The fourth-order valence-electron chi connectivity index (χ4n) is 2.41. The maximum Gasteiger partial charge on any atom is 0.260 e. The molecule has 0 N–H and O–H groups in total. The first-order valence-electron chi connectivity index (χ1n) is 6.43. The van der Waals surface area contributed by atoms with E-state index in [0.29, 0.717) is 12.1 Å². The zero-order valence-corrected chi connectivity index (χ0v) is 11.0. The number of rotatable bonds is 3. The second-order valence-corrected chi connectivity index (χ2v) is 4.92. The number of benzene rings is 1. The van der Waals surface area contributed by atoms with E-state index < -0.39 is 23.4 Å². The molecule has 1 fully saturated rings. The highest BCUT2D eigenvalue weighted by Gasteiger charge is 2.34. The fraction of sp³-hybridized carbons (Fsp3) is 0.429. The van der Waals surface area contributed by atoms with Gasteiger partial charge in [-0.2, -0.15) is 0 Å². The Morgan fingerprint density at radius 2 is 1.90 bits per heavy atom. The monoisotopic (exact) mass is 285 g/mol. The Morgan fingerprint density at radius 1 is 1.30 bits per heavy atom. The molecule has 1 aliphatic heterocycles. The van der Waals surface area contributed by atoms with Crippen molar-refractivity contribution in [1.29, 1.82) is 0 Å². The lowest BCUT2D eigenvalue weighted by atomic mass is 10.0. The summed E-state index contributed by atoms with van der Waals surface area (Å²) in [5.41, 5.74) is -0.355. The highest BCUT2D eigenvalue weighted by molar-refractivity contribution is 6.05. The Morgan fingerprint density at radius 3 is 2.45 bits per heavy atom. The molecule has 1 aliphatic rings. The average Bonchev–Trinajstić information content (AvgIpc) is 2.76. The molecule has 1 heterocycles. The molecule has 0 saturated carbocycles. The van der Waals surface area contributed by atoms with E-state index in [1.165, 1.54) is 0 Å². The number of carbonyl (C=O) groups excluding carboxylic acids is 2. The van der Waals surface area contributed by atoms with E-state index in [4.69, 9.17) is 0 Å². The maximum atomic E-state index is 13.1. The predicted octanol–water partition coefficient (Wildman–Crippen LogP) is 2.89. The molecule has 1 aromatic rings. The molecule has 1 aromatic carbocycles. The van der Waals surface area contributed by atoms with E-state index in [9.17, 15) is 22.8 Å². The van der Waals surface area contributed by atoms with Crippen molar-refractivity contribution < 1.29 is 22.8 Å². The van der Waals surface area contributed by atoms with Crippen LogP contribution in [0.5, 0.6) is 0 Å². The van der Waals surface area contributed by atoms with Crippen molar-refractivity contribution in [2.24, 2.45) is 5.92 Å². The molecule has 1 atom stereocenters. The molecule has 2 rings (SSSR count). The summed E-state index contributed by atoms with van der Waals surface area (Å²) in [4.78, 5) is 24.8. The zero-order valence-electron chi connectivity index (χ0n) is 11.0. The normalized spacial score (nSPS) is 18.7. The van der Waals surface area contributed by atoms with Gasteiger partial charge in [-0.3, -0.25) is 14.5 Å². The van der Waals surface area contributed by atoms with Crippen molar-refractivity contribution in [2.45, 2.75) is 26.2 Å². The second kappa shape index (κ2) is 5.64. The Hall–Kier alpha value is -1.85. The molecule has 0 radical (unpaired) electrons. The third-order valence-electron chi connectivity index (χ3n) is 3.38. The molecule has 0 bridgehead atoms. The number of hydrogen-bond donors (Lipinski definition) is 0. The number of halogens is 3. The molecular weight excluding hydrogens is 271 g/mol. The van der Waals surface area contributed by atoms with Crippen LogP contribution in [0.3, 0.4) is 0 Å². The Bertz CT molecular complexity index is 536. The topological polar surface area (TPSA) is 37.4 Å². The van der Waals surface area contributed by atoms with Crippen LogP contribution in [0.15, 0.2) is 12.1 Å². The van der Waals surface area contributed by atoms with E-state index >= 15 is 0 Å². The average molecular weight is 285 g/mol. The van der Waals surface area contributed by atoms with Gasteiger partial charge in [-0.05, 0) is 24.5 Å². The zero-order chi connectivity index (χ0) is 14.9. The Balaban J connectivity index is 2.22. The highest BCUT2D eigenvalue weighted by Crippen LogP contribution is 2.24. The van der Waals surface area contributed by atoms with E-state index in [1.807, 2.05) is 6.92 Å². The Labute approximate surface area is 114 Å². The van der Waals surface area contributed by atoms with Crippen LogP contribution in [0.2, 0.25) is 0 Å². The molecule has 0 aliphatic carbocycles. The lowest BCUT2D eigenvalue weighted by molar-refractivity contribution is -0.125. The van der Waals surface area contributed by atoms with E-state index in [0.717, 1.165) is 17.7 Å². The quantitative estimate of drug-likeness (QED) is 0.632. The molecule has 2 amide bonds. The number of carbonyl (C=O) groups is 2. The van der Waals surface area contributed by atoms with Gasteiger partial charge < -0.3 is 0 Å². The summed E-state index contributed by atoms with van der Waals surface area (Å²) in [7, 11) is 0. The minimum Gasteiger partial charge on any atom is -0.278 e. The highest BCUT2D eigenvalue weighted by atomic mass is 19.2. The summed E-state index contributed by atoms with van der Waals surface area (Å²) in [5.74, 6) is -5.58. The summed E-state index contributed by atoms with van der Waals surface area (Å²) < 4.78 is 39.1. The Kier molecular flexibility index (Phi) is 4.11. The molecule has 20 heavy (non-hydrogen) atoms. The first kappa shape index (κ1) is 14.6. The third-order valence-corrected chi connectivity index (χ3v) is 3.38. The molecule has 3 nitrogen and oxygen atoms in total. The van der Waals surface area contributed by atoms with Gasteiger partial charge in [0.05, 0.1) is 0 Å². The summed E-state index contributed by atoms with van der Waals surface area (Å²) >= 11 is 0. The van der Waals surface area contributed by atoms with Gasteiger partial charge in [-0.1, -0.05) is 13.3 Å². The van der Waals surface area contributed by atoms with Crippen LogP contribution >= 0.6 is 0 Å². The molecule has 1 saturated heterocycles. The number of nitrogens with zero attached hydrogens (tertiary/aromatic N) is 1. The summed E-state index contributed by atoms with van der Waals surface area (Å²) in [6.07, 6.45) is 1.95. The molecule has 108 valence electrons. The second-order valence-electron chi connectivity index (χ2n) is 4.92. The van der Waals surface area contributed by atoms with E-state index in [1.54, 1.807) is 0 Å². The summed E-state index contributed by atoms with van der Waals surface area (Å²) in [6, 6.07) is 1.22. The fourth-order valence-corrected chi connectivity index (χ4v) is 2.41. The first-order chi connectivity index (χ1) is 9.43. The van der Waals surface area contributed by atoms with E-state index in [2.05, 4.69) is 0 Å². The summed E-state index contributed by atoms with van der Waals surface area (Å²) in [6.45, 7) is 2.21. The lowest BCUT2D eigenvalue weighted by Crippen LogP contribution is -2.32. The SMILES string of the molecule is CCCC1CC(=O)N(C(=O)c2cc(F)c(F)c(F)c2)C1. The molecular formula is C14H14F3NO2. The molecule has 1 unspecified atom stereocenters. The minimum absolute atomic E-state index is 0.0755. The minimum atomic E-state index is -1.63. The van der Waals surface area contributed by atoms with Gasteiger partial charge in [0, 0.05) is 18.5 Å². The maximum absolute atomic E-state index is 13.1. The van der Waals surface area contributed by atoms with Crippen molar-refractivity contribution >= 4 is 11.8 Å². The predicted molar refractivity (Wildman–Crippen MR) is 65.4 cm³/mol. The van der Waals surface area contributed by atoms with Gasteiger partial charge in [-0.25, -0.2) is 13.2 Å². The lowest BCUT2D eigenvalue weighted by Gasteiger charge is -2.15. The number of hydrogen-bond acceptors (Lipinski definition) is 2.